The highest BCUT2D eigenvalue weighted by Gasteiger charge is 2.29. The highest BCUT2D eigenvalue weighted by atomic mass is 16.4. The highest BCUT2D eigenvalue weighted by Crippen LogP contribution is 2.33. The van der Waals surface area contributed by atoms with Gasteiger partial charge in [0.05, 0.1) is 6.10 Å². The summed E-state index contributed by atoms with van der Waals surface area (Å²) in [5, 5.41) is 42.2. The van der Waals surface area contributed by atoms with Crippen LogP contribution < -0.4 is 0 Å². The van der Waals surface area contributed by atoms with E-state index in [4.69, 9.17) is 20.4 Å². The molecular weight excluding hydrogens is 280 g/mol. The van der Waals surface area contributed by atoms with Crippen LogP contribution in [0.1, 0.15) is 40.0 Å². The first kappa shape index (κ1) is 19.8. The number of hydrogen-bond donors (Lipinski definition) is 5. The van der Waals surface area contributed by atoms with Crippen molar-refractivity contribution in [1.82, 2.24) is 0 Å². The summed E-state index contributed by atoms with van der Waals surface area (Å²) >= 11 is 0. The number of carboxylic acid groups (broad SMARTS) is 2. The van der Waals surface area contributed by atoms with Crippen LogP contribution in [0, 0.1) is 17.8 Å². The predicted molar refractivity (Wildman–Crippen MR) is 74.6 cm³/mol. The van der Waals surface area contributed by atoms with Gasteiger partial charge in [-0.1, -0.05) is 27.2 Å². The number of aliphatic carboxylic acids is 2. The van der Waals surface area contributed by atoms with Gasteiger partial charge in [0.25, 0.3) is 0 Å². The quantitative estimate of drug-likeness (QED) is 0.504. The second-order valence-corrected chi connectivity index (χ2v) is 5.96. The molecule has 0 aromatic heterocycles. The van der Waals surface area contributed by atoms with Gasteiger partial charge in [0, 0.05) is 0 Å². The van der Waals surface area contributed by atoms with Gasteiger partial charge in [-0.2, -0.15) is 0 Å². The van der Waals surface area contributed by atoms with Crippen LogP contribution in [0.25, 0.3) is 0 Å². The highest BCUT2D eigenvalue weighted by molar-refractivity contribution is 5.83. The van der Waals surface area contributed by atoms with Gasteiger partial charge in [-0.15, -0.1) is 0 Å². The van der Waals surface area contributed by atoms with Gasteiger partial charge in [-0.25, -0.2) is 9.59 Å². The van der Waals surface area contributed by atoms with Crippen molar-refractivity contribution in [3.8, 4) is 0 Å². The molecule has 21 heavy (non-hydrogen) atoms. The van der Waals surface area contributed by atoms with Gasteiger partial charge in [-0.3, -0.25) is 0 Å². The second-order valence-electron chi connectivity index (χ2n) is 5.96. The van der Waals surface area contributed by atoms with Crippen LogP contribution in [-0.4, -0.2) is 55.8 Å². The van der Waals surface area contributed by atoms with E-state index in [1.54, 1.807) is 0 Å². The lowest BCUT2D eigenvalue weighted by molar-refractivity contribution is -0.165. The summed E-state index contributed by atoms with van der Waals surface area (Å²) in [6.07, 6.45) is -1.02. The first-order valence-corrected chi connectivity index (χ1v) is 7.07. The summed E-state index contributed by atoms with van der Waals surface area (Å²) in [4.78, 5) is 19.5. The molecule has 5 unspecified atom stereocenters. The molecule has 1 fully saturated rings. The van der Waals surface area contributed by atoms with Crippen LogP contribution in [0.2, 0.25) is 0 Å². The number of rotatable bonds is 4. The molecule has 0 spiro atoms. The molecule has 124 valence electrons. The molecule has 0 amide bonds. The number of carbonyl (C=O) groups is 2. The summed E-state index contributed by atoms with van der Waals surface area (Å²) < 4.78 is 0. The molecule has 1 saturated carbocycles. The fourth-order valence-corrected chi connectivity index (χ4v) is 2.42. The topological polar surface area (TPSA) is 135 Å². The smallest absolute Gasteiger partial charge is 0.335 e. The molecule has 0 heterocycles. The Bertz CT molecular complexity index is 324. The van der Waals surface area contributed by atoms with Crippen molar-refractivity contribution >= 4 is 11.9 Å². The molecule has 0 saturated heterocycles. The van der Waals surface area contributed by atoms with Gasteiger partial charge >= 0.3 is 11.9 Å². The maximum absolute atomic E-state index is 9.77. The number of hydrogen-bond acceptors (Lipinski definition) is 5. The van der Waals surface area contributed by atoms with Gasteiger partial charge < -0.3 is 25.5 Å². The van der Waals surface area contributed by atoms with Crippen molar-refractivity contribution in [2.75, 3.05) is 0 Å². The van der Waals surface area contributed by atoms with Crippen LogP contribution in [-0.2, 0) is 9.59 Å². The Hall–Kier alpha value is -1.18. The van der Waals surface area contributed by atoms with E-state index in [0.717, 1.165) is 12.3 Å². The summed E-state index contributed by atoms with van der Waals surface area (Å²) in [5.74, 6) is -1.59. The zero-order valence-electron chi connectivity index (χ0n) is 12.6. The minimum absolute atomic E-state index is 0.0289. The molecule has 0 aromatic rings. The van der Waals surface area contributed by atoms with Crippen LogP contribution in [0.4, 0.5) is 0 Å². The molecule has 5 N–H and O–H groups in total. The molecule has 1 aliphatic carbocycles. The zero-order chi connectivity index (χ0) is 16.7. The first-order valence-electron chi connectivity index (χ1n) is 7.07. The largest absolute Gasteiger partial charge is 0.479 e. The summed E-state index contributed by atoms with van der Waals surface area (Å²) in [6, 6.07) is 0. The lowest BCUT2D eigenvalue weighted by Gasteiger charge is -2.33. The van der Waals surface area contributed by atoms with Crippen molar-refractivity contribution in [1.29, 1.82) is 0 Å². The van der Waals surface area contributed by atoms with Crippen LogP contribution in [0.15, 0.2) is 0 Å². The lowest BCUT2D eigenvalue weighted by atomic mass is 9.75. The van der Waals surface area contributed by atoms with E-state index in [0.29, 0.717) is 11.8 Å². The monoisotopic (exact) mass is 306 g/mol. The Balaban J connectivity index is 0.000000384. The molecule has 0 bridgehead atoms. The molecule has 7 nitrogen and oxygen atoms in total. The fraction of sp³-hybridized carbons (Fsp3) is 0.857. The Morgan fingerprint density at radius 3 is 1.71 bits per heavy atom. The molecule has 0 aliphatic heterocycles. The average Bonchev–Trinajstić information content (AvgIpc) is 2.36. The van der Waals surface area contributed by atoms with Crippen molar-refractivity contribution in [3.05, 3.63) is 0 Å². The standard InChI is InChI=1S/C10H20O.C4H6O6/c1-7(2)9-5-4-8(3)6-10(9)11;5-1(3(7)8)2(6)4(9)10/h7-11H,4-6H2,1-3H3;1-2,5-6H,(H,7,8)(H,9,10). The maximum atomic E-state index is 9.77. The minimum Gasteiger partial charge on any atom is -0.479 e. The number of carboxylic acids is 2. The molecule has 7 heteroatoms. The van der Waals surface area contributed by atoms with Crippen molar-refractivity contribution in [2.45, 2.75) is 58.3 Å². The third-order valence-corrected chi connectivity index (χ3v) is 3.79. The normalized spacial score (nSPS) is 28.2. The summed E-state index contributed by atoms with van der Waals surface area (Å²) in [6.45, 7) is 6.66. The second kappa shape index (κ2) is 8.96. The number of aliphatic hydroxyl groups is 3. The van der Waals surface area contributed by atoms with Crippen molar-refractivity contribution in [3.63, 3.8) is 0 Å². The van der Waals surface area contributed by atoms with Gasteiger partial charge in [0.1, 0.15) is 0 Å². The van der Waals surface area contributed by atoms with Gasteiger partial charge in [-0.05, 0) is 30.6 Å². The summed E-state index contributed by atoms with van der Waals surface area (Å²) in [7, 11) is 0. The SMILES string of the molecule is CC1CCC(C(C)C)C(O)C1.O=C(O)C(O)C(O)C(=O)O. The molecular formula is C14H26O7. The van der Waals surface area contributed by atoms with Gasteiger partial charge in [0.15, 0.2) is 12.2 Å². The maximum Gasteiger partial charge on any atom is 0.335 e. The van der Waals surface area contributed by atoms with Crippen molar-refractivity contribution < 1.29 is 35.1 Å². The summed E-state index contributed by atoms with van der Waals surface area (Å²) in [5.41, 5.74) is 0. The lowest BCUT2D eigenvalue weighted by Crippen LogP contribution is -2.39. The Morgan fingerprint density at radius 2 is 1.43 bits per heavy atom. The molecule has 1 rings (SSSR count). The molecule has 5 atom stereocenters. The fourth-order valence-electron chi connectivity index (χ4n) is 2.42. The minimum atomic E-state index is -2.27. The van der Waals surface area contributed by atoms with E-state index < -0.39 is 24.1 Å². The van der Waals surface area contributed by atoms with Crippen LogP contribution >= 0.6 is 0 Å². The van der Waals surface area contributed by atoms with E-state index in [1.807, 2.05) is 0 Å². The average molecular weight is 306 g/mol. The third-order valence-electron chi connectivity index (χ3n) is 3.79. The van der Waals surface area contributed by atoms with E-state index in [1.165, 1.54) is 12.8 Å². The predicted octanol–water partition coefficient (Wildman–Crippen LogP) is 0.317. The Labute approximate surface area is 124 Å². The van der Waals surface area contributed by atoms with Crippen LogP contribution in [0.3, 0.4) is 0 Å². The number of aliphatic hydroxyl groups excluding tert-OH is 3. The Kier molecular flexibility index (Phi) is 8.46. The zero-order valence-corrected chi connectivity index (χ0v) is 12.6. The molecule has 0 radical (unpaired) electrons. The van der Waals surface area contributed by atoms with Crippen molar-refractivity contribution in [2.24, 2.45) is 17.8 Å². The third kappa shape index (κ3) is 6.88. The molecule has 0 aromatic carbocycles. The van der Waals surface area contributed by atoms with E-state index in [2.05, 4.69) is 20.8 Å². The van der Waals surface area contributed by atoms with Gasteiger partial charge in [0.2, 0.25) is 0 Å². The Morgan fingerprint density at radius 1 is 1.00 bits per heavy atom. The van der Waals surface area contributed by atoms with E-state index in [-0.39, 0.29) is 6.10 Å². The van der Waals surface area contributed by atoms with E-state index in [9.17, 15) is 14.7 Å². The first-order chi connectivity index (χ1) is 9.57. The molecule has 1 aliphatic rings. The van der Waals surface area contributed by atoms with Crippen LogP contribution in [0.5, 0.6) is 0 Å². The van der Waals surface area contributed by atoms with E-state index >= 15 is 0 Å².